The Balaban J connectivity index is 2.89. The number of hydrogen-bond acceptors (Lipinski definition) is 3. The number of nitro groups is 1. The van der Waals surface area contributed by atoms with E-state index < -0.39 is 0 Å². The fourth-order valence-electron chi connectivity index (χ4n) is 1.84. The molecule has 0 heterocycles. The van der Waals surface area contributed by atoms with E-state index in [2.05, 4.69) is 36.7 Å². The van der Waals surface area contributed by atoms with Crippen LogP contribution in [-0.4, -0.2) is 16.9 Å². The molecule has 0 radical (unpaired) electrons. The number of nitro benzene ring substituents is 1. The normalized spacial score (nSPS) is 13.1. The number of benzene rings is 1. The molecule has 1 atom stereocenters. The molecule has 112 valence electrons. The zero-order valence-corrected chi connectivity index (χ0v) is 14.3. The highest BCUT2D eigenvalue weighted by Crippen LogP contribution is 2.31. The van der Waals surface area contributed by atoms with E-state index in [1.807, 2.05) is 6.92 Å². The van der Waals surface area contributed by atoms with Crippen molar-refractivity contribution in [3.05, 3.63) is 33.4 Å². The highest BCUT2D eigenvalue weighted by molar-refractivity contribution is 9.09. The molecular weight excluding hydrogens is 322 g/mol. The van der Waals surface area contributed by atoms with Crippen LogP contribution in [0.1, 0.15) is 31.9 Å². The number of aryl methyl sites for hydroxylation is 2. The van der Waals surface area contributed by atoms with Crippen LogP contribution in [0.3, 0.4) is 0 Å². The molecule has 0 N–H and O–H groups in total. The summed E-state index contributed by atoms with van der Waals surface area (Å²) in [5.74, 6) is 1.10. The third-order valence-electron chi connectivity index (χ3n) is 3.54. The predicted octanol–water partition coefficient (Wildman–Crippen LogP) is 4.65. The fourth-order valence-corrected chi connectivity index (χ4v) is 3.00. The SMILES string of the molecule is Cc1cc([N+](=O)[O-])c(C)cc1OCC(CBr)C(C)(C)C. The fraction of sp³-hybridized carbons (Fsp3) is 0.600. The first-order valence-corrected chi connectivity index (χ1v) is 7.73. The number of nitrogens with zero attached hydrogens (tertiary/aromatic N) is 1. The summed E-state index contributed by atoms with van der Waals surface area (Å²) in [6.07, 6.45) is 0. The van der Waals surface area contributed by atoms with Crippen molar-refractivity contribution in [2.75, 3.05) is 11.9 Å². The molecule has 1 rings (SSSR count). The van der Waals surface area contributed by atoms with Gasteiger partial charge in [0.05, 0.1) is 11.5 Å². The average Bonchev–Trinajstić information content (AvgIpc) is 2.31. The van der Waals surface area contributed by atoms with E-state index in [1.165, 1.54) is 0 Å². The Hall–Kier alpha value is -1.10. The van der Waals surface area contributed by atoms with Crippen molar-refractivity contribution in [3.63, 3.8) is 0 Å². The lowest BCUT2D eigenvalue weighted by molar-refractivity contribution is -0.385. The van der Waals surface area contributed by atoms with Crippen LogP contribution < -0.4 is 4.74 Å². The Bertz CT molecular complexity index is 495. The lowest BCUT2D eigenvalue weighted by atomic mass is 9.83. The molecule has 0 aliphatic heterocycles. The molecule has 5 heteroatoms. The van der Waals surface area contributed by atoms with Crippen LogP contribution in [0.2, 0.25) is 0 Å². The van der Waals surface area contributed by atoms with Gasteiger partial charge in [0, 0.05) is 22.9 Å². The lowest BCUT2D eigenvalue weighted by Crippen LogP contribution is -2.28. The van der Waals surface area contributed by atoms with Gasteiger partial charge in [0.2, 0.25) is 0 Å². The van der Waals surface area contributed by atoms with Gasteiger partial charge < -0.3 is 4.74 Å². The van der Waals surface area contributed by atoms with Crippen molar-refractivity contribution in [2.24, 2.45) is 11.3 Å². The third kappa shape index (κ3) is 4.20. The topological polar surface area (TPSA) is 52.4 Å². The Morgan fingerprint density at radius 2 is 1.90 bits per heavy atom. The Kier molecular flexibility index (Phi) is 5.57. The summed E-state index contributed by atoms with van der Waals surface area (Å²) in [5.41, 5.74) is 1.71. The van der Waals surface area contributed by atoms with Gasteiger partial charge in [-0.05, 0) is 30.9 Å². The van der Waals surface area contributed by atoms with Gasteiger partial charge in [0.15, 0.2) is 0 Å². The van der Waals surface area contributed by atoms with E-state index >= 15 is 0 Å². The summed E-state index contributed by atoms with van der Waals surface area (Å²) >= 11 is 3.52. The minimum Gasteiger partial charge on any atom is -0.493 e. The van der Waals surface area contributed by atoms with Crippen molar-refractivity contribution in [3.8, 4) is 5.75 Å². The largest absolute Gasteiger partial charge is 0.493 e. The smallest absolute Gasteiger partial charge is 0.272 e. The molecular formula is C15H22BrNO3. The molecule has 4 nitrogen and oxygen atoms in total. The van der Waals surface area contributed by atoms with Crippen LogP contribution in [0.15, 0.2) is 12.1 Å². The van der Waals surface area contributed by atoms with E-state index in [0.29, 0.717) is 18.1 Å². The molecule has 0 saturated carbocycles. The quantitative estimate of drug-likeness (QED) is 0.444. The maximum absolute atomic E-state index is 10.9. The summed E-state index contributed by atoms with van der Waals surface area (Å²) in [5, 5.41) is 11.8. The number of hydrogen-bond donors (Lipinski definition) is 0. The number of ether oxygens (including phenoxy) is 1. The van der Waals surface area contributed by atoms with E-state index in [4.69, 9.17) is 4.74 Å². The molecule has 20 heavy (non-hydrogen) atoms. The zero-order valence-electron chi connectivity index (χ0n) is 12.7. The molecule has 0 saturated heterocycles. The maximum atomic E-state index is 10.9. The van der Waals surface area contributed by atoms with Gasteiger partial charge >= 0.3 is 0 Å². The predicted molar refractivity (Wildman–Crippen MR) is 84.8 cm³/mol. The molecule has 0 aliphatic rings. The van der Waals surface area contributed by atoms with Crippen LogP contribution in [0.5, 0.6) is 5.75 Å². The van der Waals surface area contributed by atoms with E-state index in [-0.39, 0.29) is 16.0 Å². The first-order valence-electron chi connectivity index (χ1n) is 6.61. The number of alkyl halides is 1. The maximum Gasteiger partial charge on any atom is 0.272 e. The Labute approximate surface area is 128 Å². The number of rotatable bonds is 5. The van der Waals surface area contributed by atoms with E-state index in [0.717, 1.165) is 16.6 Å². The molecule has 0 bridgehead atoms. The molecule has 0 spiro atoms. The highest BCUT2D eigenvalue weighted by atomic mass is 79.9. The van der Waals surface area contributed by atoms with Gasteiger partial charge in [-0.25, -0.2) is 0 Å². The Morgan fingerprint density at radius 3 is 2.35 bits per heavy atom. The van der Waals surface area contributed by atoms with Crippen molar-refractivity contribution < 1.29 is 9.66 Å². The van der Waals surface area contributed by atoms with Crippen LogP contribution in [0, 0.1) is 35.3 Å². The molecule has 1 unspecified atom stereocenters. The zero-order chi connectivity index (χ0) is 15.5. The second-order valence-corrected chi connectivity index (χ2v) is 6.84. The van der Waals surface area contributed by atoms with Gasteiger partial charge in [-0.1, -0.05) is 36.7 Å². The van der Waals surface area contributed by atoms with E-state index in [9.17, 15) is 10.1 Å². The molecule has 0 aliphatic carbocycles. The second kappa shape index (κ2) is 6.57. The molecule has 1 aromatic rings. The number of halogens is 1. The molecule has 0 amide bonds. The first kappa shape index (κ1) is 17.0. The standard InChI is InChI=1S/C15H22BrNO3/c1-10-7-14(11(2)6-13(10)17(18)19)20-9-12(8-16)15(3,4)5/h6-7,12H,8-9H2,1-5H3. The Morgan fingerprint density at radius 1 is 1.30 bits per heavy atom. The van der Waals surface area contributed by atoms with Crippen molar-refractivity contribution >= 4 is 21.6 Å². The first-order chi connectivity index (χ1) is 9.16. The monoisotopic (exact) mass is 343 g/mol. The second-order valence-electron chi connectivity index (χ2n) is 6.19. The molecule has 0 fully saturated rings. The summed E-state index contributed by atoms with van der Waals surface area (Å²) in [7, 11) is 0. The van der Waals surface area contributed by atoms with Crippen LogP contribution in [0.25, 0.3) is 0 Å². The van der Waals surface area contributed by atoms with Crippen LogP contribution in [0.4, 0.5) is 5.69 Å². The minimum atomic E-state index is -0.359. The summed E-state index contributed by atoms with van der Waals surface area (Å²) in [6.45, 7) is 10.7. The molecule has 1 aromatic carbocycles. The van der Waals surface area contributed by atoms with Crippen molar-refractivity contribution in [1.82, 2.24) is 0 Å². The van der Waals surface area contributed by atoms with Gasteiger partial charge in [-0.3, -0.25) is 10.1 Å². The van der Waals surface area contributed by atoms with Gasteiger partial charge in [0.1, 0.15) is 5.75 Å². The lowest BCUT2D eigenvalue weighted by Gasteiger charge is -2.29. The van der Waals surface area contributed by atoms with Gasteiger partial charge in [-0.15, -0.1) is 0 Å². The van der Waals surface area contributed by atoms with Crippen molar-refractivity contribution in [2.45, 2.75) is 34.6 Å². The summed E-state index contributed by atoms with van der Waals surface area (Å²) < 4.78 is 5.88. The van der Waals surface area contributed by atoms with Gasteiger partial charge in [-0.2, -0.15) is 0 Å². The van der Waals surface area contributed by atoms with Crippen LogP contribution >= 0.6 is 15.9 Å². The summed E-state index contributed by atoms with van der Waals surface area (Å²) in [4.78, 5) is 10.5. The van der Waals surface area contributed by atoms with Crippen LogP contribution in [-0.2, 0) is 0 Å². The highest BCUT2D eigenvalue weighted by Gasteiger charge is 2.24. The van der Waals surface area contributed by atoms with E-state index in [1.54, 1.807) is 19.1 Å². The van der Waals surface area contributed by atoms with Crippen molar-refractivity contribution in [1.29, 1.82) is 0 Å². The average molecular weight is 344 g/mol. The molecule has 0 aromatic heterocycles. The minimum absolute atomic E-state index is 0.141. The third-order valence-corrected chi connectivity index (χ3v) is 4.32. The van der Waals surface area contributed by atoms with Gasteiger partial charge in [0.25, 0.3) is 5.69 Å². The summed E-state index contributed by atoms with van der Waals surface area (Å²) in [6, 6.07) is 3.33.